The Morgan fingerprint density at radius 3 is 2.52 bits per heavy atom. The van der Waals surface area contributed by atoms with Gasteiger partial charge in [-0.05, 0) is 43.6 Å². The van der Waals surface area contributed by atoms with E-state index in [0.717, 1.165) is 6.26 Å². The van der Waals surface area contributed by atoms with Crippen LogP contribution in [0.5, 0.6) is 0 Å². The van der Waals surface area contributed by atoms with Crippen molar-refractivity contribution in [2.45, 2.75) is 24.1 Å². The number of hydrogen-bond donors (Lipinski definition) is 2. The third kappa shape index (κ3) is 4.35. The van der Waals surface area contributed by atoms with Gasteiger partial charge in [-0.1, -0.05) is 17.7 Å². The lowest BCUT2D eigenvalue weighted by molar-refractivity contribution is -0.124. The number of halogens is 3. The molecule has 1 heterocycles. The molecule has 0 spiro atoms. The minimum atomic E-state index is -3.54. The Hall–Kier alpha value is -0.890. The van der Waals surface area contributed by atoms with Gasteiger partial charge in [0.05, 0.1) is 5.02 Å². The fourth-order valence-electron chi connectivity index (χ4n) is 2.59. The Labute approximate surface area is 146 Å². The largest absolute Gasteiger partial charge is 0.351 e. The molecule has 1 aliphatic heterocycles. The van der Waals surface area contributed by atoms with Gasteiger partial charge in [-0.25, -0.2) is 12.8 Å². The minimum Gasteiger partial charge on any atom is -0.351 e. The molecule has 1 aromatic rings. The highest BCUT2D eigenvalue weighted by Crippen LogP contribution is 2.28. The van der Waals surface area contributed by atoms with E-state index in [9.17, 15) is 17.6 Å². The number of hydrogen-bond acceptors (Lipinski definition) is 4. The lowest BCUT2D eigenvalue weighted by atomic mass is 9.95. The van der Waals surface area contributed by atoms with Crippen molar-refractivity contribution in [3.63, 3.8) is 0 Å². The minimum absolute atomic E-state index is 0. The number of carbonyl (C=O) groups is 1. The maximum absolute atomic E-state index is 13.1. The second-order valence-corrected chi connectivity index (χ2v) is 8.18. The van der Waals surface area contributed by atoms with Gasteiger partial charge in [-0.3, -0.25) is 4.79 Å². The van der Waals surface area contributed by atoms with Crippen LogP contribution in [0, 0.1) is 5.82 Å². The van der Waals surface area contributed by atoms with Crippen molar-refractivity contribution in [3.8, 4) is 0 Å². The molecule has 1 saturated heterocycles. The van der Waals surface area contributed by atoms with Crippen LogP contribution in [0.25, 0.3) is 0 Å². The van der Waals surface area contributed by atoms with Crippen molar-refractivity contribution >= 4 is 39.8 Å². The third-order valence-electron chi connectivity index (χ3n) is 3.97. The summed E-state index contributed by atoms with van der Waals surface area (Å²) in [7, 11) is -3.54. The second-order valence-electron chi connectivity index (χ2n) is 5.45. The van der Waals surface area contributed by atoms with E-state index >= 15 is 0 Å². The van der Waals surface area contributed by atoms with Crippen molar-refractivity contribution in [1.82, 2.24) is 10.6 Å². The van der Waals surface area contributed by atoms with Crippen LogP contribution in [0.2, 0.25) is 5.02 Å². The van der Waals surface area contributed by atoms with E-state index in [4.69, 9.17) is 11.6 Å². The molecule has 130 valence electrons. The number of sulfone groups is 1. The predicted octanol–water partition coefficient (Wildman–Crippen LogP) is 1.68. The molecule has 1 aromatic carbocycles. The Morgan fingerprint density at radius 1 is 1.39 bits per heavy atom. The Balaban J connectivity index is 0.00000264. The summed E-state index contributed by atoms with van der Waals surface area (Å²) in [5.41, 5.74) is 0.609. The number of rotatable bonds is 4. The van der Waals surface area contributed by atoms with E-state index < -0.39 is 26.3 Å². The first-order chi connectivity index (χ1) is 10.3. The van der Waals surface area contributed by atoms with Crippen LogP contribution in [-0.2, 0) is 21.2 Å². The molecular formula is C14H19Cl2FN2O3S. The number of carbonyl (C=O) groups excluding carboxylic acids is 1. The summed E-state index contributed by atoms with van der Waals surface area (Å²) in [5.74, 6) is -1.06. The average molecular weight is 385 g/mol. The Bertz CT molecular complexity index is 677. The van der Waals surface area contributed by atoms with Gasteiger partial charge >= 0.3 is 0 Å². The van der Waals surface area contributed by atoms with Crippen molar-refractivity contribution in [1.29, 1.82) is 0 Å². The molecular weight excluding hydrogens is 366 g/mol. The van der Waals surface area contributed by atoms with Gasteiger partial charge in [0.15, 0.2) is 14.6 Å². The molecule has 1 amide bonds. The molecule has 0 saturated carbocycles. The summed E-state index contributed by atoms with van der Waals surface area (Å²) in [6, 6.07) is 4.12. The van der Waals surface area contributed by atoms with Crippen LogP contribution in [0.3, 0.4) is 0 Å². The summed E-state index contributed by atoms with van der Waals surface area (Å²) in [5, 5.41) is 5.65. The molecule has 0 aliphatic carbocycles. The molecule has 2 rings (SSSR count). The molecule has 0 atom stereocenters. The molecule has 0 bridgehead atoms. The zero-order valence-electron chi connectivity index (χ0n) is 12.6. The van der Waals surface area contributed by atoms with Crippen LogP contribution in [-0.4, -0.2) is 38.4 Å². The van der Waals surface area contributed by atoms with Gasteiger partial charge in [0.1, 0.15) is 5.82 Å². The first kappa shape index (κ1) is 20.2. The fraction of sp³-hybridized carbons (Fsp3) is 0.500. The predicted molar refractivity (Wildman–Crippen MR) is 90.2 cm³/mol. The summed E-state index contributed by atoms with van der Waals surface area (Å²) in [6.07, 6.45) is 1.57. The van der Waals surface area contributed by atoms with Gasteiger partial charge in [0.25, 0.3) is 0 Å². The van der Waals surface area contributed by atoms with Gasteiger partial charge < -0.3 is 10.6 Å². The van der Waals surface area contributed by atoms with Gasteiger partial charge in [0.2, 0.25) is 5.91 Å². The summed E-state index contributed by atoms with van der Waals surface area (Å²) < 4.78 is 35.9. The molecule has 23 heavy (non-hydrogen) atoms. The maximum Gasteiger partial charge on any atom is 0.241 e. The number of piperidine rings is 1. The van der Waals surface area contributed by atoms with Crippen molar-refractivity contribution < 1.29 is 17.6 Å². The van der Waals surface area contributed by atoms with Crippen LogP contribution < -0.4 is 10.6 Å². The van der Waals surface area contributed by atoms with E-state index in [1.807, 2.05) is 0 Å². The fourth-order valence-corrected chi connectivity index (χ4v) is 4.15. The second kappa shape index (κ2) is 7.79. The quantitative estimate of drug-likeness (QED) is 0.827. The molecule has 1 fully saturated rings. The standard InChI is InChI=1S/C14H18ClFN2O3S.ClH/c1-22(20,21)14(4-6-17-7-5-14)13(19)18-9-10-2-3-12(16)11(15)8-10;/h2-3,8,17H,4-7,9H2,1H3,(H,18,19);1H. The molecule has 0 unspecified atom stereocenters. The topological polar surface area (TPSA) is 75.3 Å². The monoisotopic (exact) mass is 384 g/mol. The molecule has 9 heteroatoms. The molecule has 2 N–H and O–H groups in total. The highest BCUT2D eigenvalue weighted by molar-refractivity contribution is 7.92. The van der Waals surface area contributed by atoms with Crippen LogP contribution in [0.15, 0.2) is 18.2 Å². The lowest BCUT2D eigenvalue weighted by Crippen LogP contribution is -2.57. The average Bonchev–Trinajstić information content (AvgIpc) is 2.47. The van der Waals surface area contributed by atoms with Gasteiger partial charge in [-0.2, -0.15) is 0 Å². The van der Waals surface area contributed by atoms with Gasteiger partial charge in [-0.15, -0.1) is 12.4 Å². The summed E-state index contributed by atoms with van der Waals surface area (Å²) in [4.78, 5) is 12.5. The zero-order valence-corrected chi connectivity index (χ0v) is 15.0. The number of benzene rings is 1. The Kier molecular flexibility index (Phi) is 6.82. The molecule has 0 aromatic heterocycles. The number of nitrogens with one attached hydrogen (secondary N) is 2. The van der Waals surface area contributed by atoms with Crippen molar-refractivity contribution in [2.24, 2.45) is 0 Å². The Morgan fingerprint density at radius 2 is 2.00 bits per heavy atom. The highest BCUT2D eigenvalue weighted by Gasteiger charge is 2.48. The first-order valence-electron chi connectivity index (χ1n) is 6.89. The zero-order chi connectivity index (χ0) is 16.4. The molecule has 5 nitrogen and oxygen atoms in total. The lowest BCUT2D eigenvalue weighted by Gasteiger charge is -2.34. The molecule has 0 radical (unpaired) electrons. The van der Waals surface area contributed by atoms with Crippen molar-refractivity contribution in [3.05, 3.63) is 34.6 Å². The van der Waals surface area contributed by atoms with Crippen LogP contribution in [0.4, 0.5) is 4.39 Å². The van der Waals surface area contributed by atoms with E-state index in [0.29, 0.717) is 18.7 Å². The van der Waals surface area contributed by atoms with Gasteiger partial charge in [0, 0.05) is 12.8 Å². The summed E-state index contributed by atoms with van der Waals surface area (Å²) >= 11 is 5.69. The smallest absolute Gasteiger partial charge is 0.241 e. The van der Waals surface area contributed by atoms with Crippen molar-refractivity contribution in [2.75, 3.05) is 19.3 Å². The summed E-state index contributed by atoms with van der Waals surface area (Å²) in [6.45, 7) is 1.05. The first-order valence-corrected chi connectivity index (χ1v) is 9.16. The van der Waals surface area contributed by atoms with E-state index in [-0.39, 0.29) is 36.8 Å². The SMILES string of the molecule is CS(=O)(=O)C1(C(=O)NCc2ccc(F)c(Cl)c2)CCNCC1.Cl. The van der Waals surface area contributed by atoms with Crippen LogP contribution in [0.1, 0.15) is 18.4 Å². The van der Waals surface area contributed by atoms with E-state index in [1.54, 1.807) is 0 Å². The van der Waals surface area contributed by atoms with E-state index in [1.165, 1.54) is 18.2 Å². The molecule has 1 aliphatic rings. The van der Waals surface area contributed by atoms with Crippen LogP contribution >= 0.6 is 24.0 Å². The normalized spacial score (nSPS) is 17.2. The highest BCUT2D eigenvalue weighted by atomic mass is 35.5. The maximum atomic E-state index is 13.1. The number of amides is 1. The van der Waals surface area contributed by atoms with E-state index in [2.05, 4.69) is 10.6 Å². The third-order valence-corrected chi connectivity index (χ3v) is 6.27.